The topological polar surface area (TPSA) is 54.4 Å². The second kappa shape index (κ2) is 5.66. The van der Waals surface area contributed by atoms with Crippen LogP contribution in [0.15, 0.2) is 48.6 Å². The lowest BCUT2D eigenvalue weighted by Crippen LogP contribution is -1.97. The number of aromatic hydroxyl groups is 1. The first-order chi connectivity index (χ1) is 7.58. The van der Waals surface area contributed by atoms with Gasteiger partial charge in [0.1, 0.15) is 5.75 Å². The quantitative estimate of drug-likeness (QED) is 0.674. The van der Waals surface area contributed by atoms with Gasteiger partial charge in [-0.1, -0.05) is 12.1 Å². The van der Waals surface area contributed by atoms with Crippen LogP contribution in [0.1, 0.15) is 5.56 Å². The summed E-state index contributed by atoms with van der Waals surface area (Å²) in [6, 6.07) is 7.15. The van der Waals surface area contributed by atoms with Gasteiger partial charge in [-0.05, 0) is 48.9 Å². The van der Waals surface area contributed by atoms with Gasteiger partial charge in [0.25, 0.3) is 0 Å². The number of allylic oxidation sites excluding steroid dienone is 4. The maximum atomic E-state index is 10.3. The van der Waals surface area contributed by atoms with Crippen LogP contribution in [0, 0.1) is 6.92 Å². The number of rotatable bonds is 0. The number of hydrogen-bond acceptors (Lipinski definition) is 3. The minimum absolute atomic E-state index is 0.121. The summed E-state index contributed by atoms with van der Waals surface area (Å²) in [6.07, 6.45) is 5.01. The molecule has 0 spiro atoms. The monoisotopic (exact) mass is 216 g/mol. The summed E-state index contributed by atoms with van der Waals surface area (Å²) in [5, 5.41) is 8.81. The number of hydrogen-bond donors (Lipinski definition) is 1. The van der Waals surface area contributed by atoms with E-state index in [1.807, 2.05) is 19.1 Å². The molecule has 0 aromatic heterocycles. The molecular weight excluding hydrogens is 204 g/mol. The zero-order valence-electron chi connectivity index (χ0n) is 8.88. The van der Waals surface area contributed by atoms with Crippen LogP contribution in [-0.2, 0) is 9.59 Å². The van der Waals surface area contributed by atoms with Gasteiger partial charge >= 0.3 is 0 Å². The number of ketones is 2. The smallest absolute Gasteiger partial charge is 0.178 e. The minimum atomic E-state index is -0.121. The van der Waals surface area contributed by atoms with Crippen molar-refractivity contribution in [3.8, 4) is 5.75 Å². The van der Waals surface area contributed by atoms with Crippen molar-refractivity contribution in [3.05, 3.63) is 54.1 Å². The Hall–Kier alpha value is -2.16. The van der Waals surface area contributed by atoms with Crippen molar-refractivity contribution in [2.45, 2.75) is 6.92 Å². The van der Waals surface area contributed by atoms with Crippen molar-refractivity contribution < 1.29 is 14.7 Å². The second-order valence-corrected chi connectivity index (χ2v) is 3.31. The average Bonchev–Trinajstić information content (AvgIpc) is 2.23. The highest BCUT2D eigenvalue weighted by Gasteiger charge is 1.97. The Morgan fingerprint density at radius 1 is 0.938 bits per heavy atom. The fourth-order valence-corrected chi connectivity index (χ4v) is 1.07. The second-order valence-electron chi connectivity index (χ2n) is 3.31. The lowest BCUT2D eigenvalue weighted by Gasteiger charge is -1.89. The van der Waals surface area contributed by atoms with Gasteiger partial charge in [0, 0.05) is 0 Å². The van der Waals surface area contributed by atoms with Gasteiger partial charge in [0.05, 0.1) is 0 Å². The molecule has 0 radical (unpaired) electrons. The maximum absolute atomic E-state index is 10.3. The number of carbonyl (C=O) groups is 2. The van der Waals surface area contributed by atoms with Crippen LogP contribution >= 0.6 is 0 Å². The Morgan fingerprint density at radius 2 is 1.44 bits per heavy atom. The first kappa shape index (κ1) is 11.9. The van der Waals surface area contributed by atoms with Crippen molar-refractivity contribution in [1.82, 2.24) is 0 Å². The molecule has 0 saturated carbocycles. The van der Waals surface area contributed by atoms with Crippen LogP contribution in [-0.4, -0.2) is 16.7 Å². The van der Waals surface area contributed by atoms with E-state index in [0.29, 0.717) is 5.75 Å². The third-order valence-corrected chi connectivity index (χ3v) is 1.83. The molecule has 16 heavy (non-hydrogen) atoms. The molecule has 1 N–H and O–H groups in total. The molecule has 1 aliphatic rings. The van der Waals surface area contributed by atoms with Gasteiger partial charge in [-0.25, -0.2) is 0 Å². The maximum Gasteiger partial charge on any atom is 0.178 e. The van der Waals surface area contributed by atoms with E-state index in [2.05, 4.69) is 0 Å². The first-order valence-corrected chi connectivity index (χ1v) is 4.77. The molecule has 2 rings (SSSR count). The van der Waals surface area contributed by atoms with Crippen LogP contribution in [0.3, 0.4) is 0 Å². The molecule has 0 bridgehead atoms. The van der Waals surface area contributed by atoms with Crippen LogP contribution in [0.5, 0.6) is 5.75 Å². The Kier molecular flexibility index (Phi) is 4.21. The zero-order valence-corrected chi connectivity index (χ0v) is 8.88. The number of phenolic OH excluding ortho intramolecular Hbond substituents is 1. The standard InChI is InChI=1S/C7H8O.C6H4O2/c1-6-3-2-4-7(8)5-6;7-5-1-2-6(8)4-3-5/h2-5,8H,1H3;1-4H. The van der Waals surface area contributed by atoms with Gasteiger partial charge in [-0.3, -0.25) is 9.59 Å². The van der Waals surface area contributed by atoms with Gasteiger partial charge < -0.3 is 5.11 Å². The Balaban J connectivity index is 0.000000160. The average molecular weight is 216 g/mol. The minimum Gasteiger partial charge on any atom is -0.508 e. The van der Waals surface area contributed by atoms with Gasteiger partial charge in [-0.15, -0.1) is 0 Å². The van der Waals surface area contributed by atoms with Crippen molar-refractivity contribution in [1.29, 1.82) is 0 Å². The predicted molar refractivity (Wildman–Crippen MR) is 61.1 cm³/mol. The van der Waals surface area contributed by atoms with Crippen molar-refractivity contribution >= 4 is 11.6 Å². The highest BCUT2D eigenvalue weighted by Crippen LogP contribution is 2.08. The Labute approximate surface area is 93.7 Å². The van der Waals surface area contributed by atoms with Gasteiger partial charge in [0.15, 0.2) is 11.6 Å². The van der Waals surface area contributed by atoms with E-state index in [-0.39, 0.29) is 11.6 Å². The highest BCUT2D eigenvalue weighted by molar-refractivity contribution is 6.14. The molecule has 0 aliphatic heterocycles. The largest absolute Gasteiger partial charge is 0.508 e. The summed E-state index contributed by atoms with van der Waals surface area (Å²) in [5.74, 6) is 0.0965. The molecule has 1 aromatic rings. The van der Waals surface area contributed by atoms with Gasteiger partial charge in [-0.2, -0.15) is 0 Å². The third-order valence-electron chi connectivity index (χ3n) is 1.83. The van der Waals surface area contributed by atoms with Crippen LogP contribution in [0.4, 0.5) is 0 Å². The van der Waals surface area contributed by atoms with Crippen molar-refractivity contribution in [2.75, 3.05) is 0 Å². The van der Waals surface area contributed by atoms with E-state index >= 15 is 0 Å². The molecule has 0 atom stereocenters. The lowest BCUT2D eigenvalue weighted by atomic mass is 10.2. The highest BCUT2D eigenvalue weighted by atomic mass is 16.3. The fraction of sp³-hybridized carbons (Fsp3) is 0.0769. The van der Waals surface area contributed by atoms with Crippen LogP contribution in [0.2, 0.25) is 0 Å². The summed E-state index contributed by atoms with van der Waals surface area (Å²) in [6.45, 7) is 1.94. The molecule has 0 heterocycles. The van der Waals surface area contributed by atoms with E-state index in [1.165, 1.54) is 24.3 Å². The predicted octanol–water partition coefficient (Wildman–Crippen LogP) is 1.95. The van der Waals surface area contributed by atoms with E-state index < -0.39 is 0 Å². The molecule has 0 fully saturated rings. The summed E-state index contributed by atoms with van der Waals surface area (Å²) >= 11 is 0. The molecule has 0 saturated heterocycles. The SMILES string of the molecule is Cc1cccc(O)c1.O=C1C=CC(=O)C=C1. The number of benzene rings is 1. The molecule has 1 aliphatic carbocycles. The fourth-order valence-electron chi connectivity index (χ4n) is 1.07. The van der Waals surface area contributed by atoms with Gasteiger partial charge in [0.2, 0.25) is 0 Å². The Bertz CT molecular complexity index is 401. The van der Waals surface area contributed by atoms with Crippen LogP contribution < -0.4 is 0 Å². The zero-order chi connectivity index (χ0) is 12.0. The summed E-state index contributed by atoms with van der Waals surface area (Å²) in [5.41, 5.74) is 1.09. The van der Waals surface area contributed by atoms with E-state index in [4.69, 9.17) is 5.11 Å². The third kappa shape index (κ3) is 4.37. The molecule has 0 unspecified atom stereocenters. The van der Waals surface area contributed by atoms with E-state index in [0.717, 1.165) is 5.56 Å². The van der Waals surface area contributed by atoms with E-state index in [9.17, 15) is 9.59 Å². The lowest BCUT2D eigenvalue weighted by molar-refractivity contribution is -0.113. The summed E-state index contributed by atoms with van der Waals surface area (Å²) in [7, 11) is 0. The number of carbonyl (C=O) groups excluding carboxylic acids is 2. The van der Waals surface area contributed by atoms with Crippen molar-refractivity contribution in [3.63, 3.8) is 0 Å². The molecule has 3 heteroatoms. The summed E-state index contributed by atoms with van der Waals surface area (Å²) in [4.78, 5) is 20.6. The molecule has 3 nitrogen and oxygen atoms in total. The van der Waals surface area contributed by atoms with E-state index in [1.54, 1.807) is 12.1 Å². The molecule has 0 amide bonds. The molecular formula is C13H12O3. The Morgan fingerprint density at radius 3 is 1.75 bits per heavy atom. The number of phenols is 1. The summed E-state index contributed by atoms with van der Waals surface area (Å²) < 4.78 is 0. The molecule has 82 valence electrons. The first-order valence-electron chi connectivity index (χ1n) is 4.77. The van der Waals surface area contributed by atoms with Crippen LogP contribution in [0.25, 0.3) is 0 Å². The van der Waals surface area contributed by atoms with Crippen molar-refractivity contribution in [2.24, 2.45) is 0 Å². The normalized spacial score (nSPS) is 13.3. The number of aryl methyl sites for hydroxylation is 1. The molecule has 1 aromatic carbocycles.